The summed E-state index contributed by atoms with van der Waals surface area (Å²) >= 11 is 0. The van der Waals surface area contributed by atoms with Crippen LogP contribution in [0.3, 0.4) is 0 Å². The third-order valence-corrected chi connectivity index (χ3v) is 6.14. The Morgan fingerprint density at radius 2 is 1.77 bits per heavy atom. The molecular formula is C20H24N2O3S. The van der Waals surface area contributed by atoms with Gasteiger partial charge in [0.1, 0.15) is 0 Å². The molecule has 1 amide bonds. The molecule has 1 fully saturated rings. The van der Waals surface area contributed by atoms with E-state index in [1.54, 1.807) is 17.0 Å². The number of nitrogens with zero attached hydrogens (tertiary/aromatic N) is 1. The number of carbonyl (C=O) groups is 1. The fourth-order valence-corrected chi connectivity index (χ4v) is 4.07. The van der Waals surface area contributed by atoms with Crippen LogP contribution in [0.2, 0.25) is 0 Å². The van der Waals surface area contributed by atoms with Gasteiger partial charge in [0.2, 0.25) is 10.0 Å². The molecule has 5 nitrogen and oxygen atoms in total. The van der Waals surface area contributed by atoms with Crippen LogP contribution >= 0.6 is 0 Å². The van der Waals surface area contributed by atoms with Crippen LogP contribution in [-0.4, -0.2) is 31.8 Å². The first-order chi connectivity index (χ1) is 12.4. The number of hydrogen-bond donors (Lipinski definition) is 1. The molecule has 0 aliphatic heterocycles. The zero-order valence-electron chi connectivity index (χ0n) is 15.1. The summed E-state index contributed by atoms with van der Waals surface area (Å²) in [5, 5.41) is 0. The predicted molar refractivity (Wildman–Crippen MR) is 101 cm³/mol. The van der Waals surface area contributed by atoms with Crippen molar-refractivity contribution in [3.8, 4) is 0 Å². The van der Waals surface area contributed by atoms with Gasteiger partial charge in [0, 0.05) is 24.7 Å². The molecule has 0 saturated heterocycles. The van der Waals surface area contributed by atoms with Gasteiger partial charge in [0.05, 0.1) is 4.90 Å². The summed E-state index contributed by atoms with van der Waals surface area (Å²) in [6, 6.07) is 14.2. The van der Waals surface area contributed by atoms with Crippen LogP contribution in [-0.2, 0) is 16.6 Å². The zero-order valence-corrected chi connectivity index (χ0v) is 15.9. The molecular weight excluding hydrogens is 348 g/mol. The van der Waals surface area contributed by atoms with Crippen molar-refractivity contribution < 1.29 is 13.2 Å². The maximum absolute atomic E-state index is 12.8. The minimum absolute atomic E-state index is 0.0611. The molecule has 1 saturated carbocycles. The SMILES string of the molecule is CCN(Cc1ccccc1C)C(=O)c1ccc(S(=O)(=O)NC2CC2)cc1. The highest BCUT2D eigenvalue weighted by molar-refractivity contribution is 7.89. The van der Waals surface area contributed by atoms with E-state index >= 15 is 0 Å². The molecule has 6 heteroatoms. The Balaban J connectivity index is 1.74. The average molecular weight is 372 g/mol. The largest absolute Gasteiger partial charge is 0.335 e. The van der Waals surface area contributed by atoms with Crippen LogP contribution in [0, 0.1) is 6.92 Å². The van der Waals surface area contributed by atoms with Crippen molar-refractivity contribution in [3.63, 3.8) is 0 Å². The Bertz CT molecular complexity index is 888. The lowest BCUT2D eigenvalue weighted by atomic mass is 10.1. The van der Waals surface area contributed by atoms with Gasteiger partial charge in [-0.2, -0.15) is 0 Å². The van der Waals surface area contributed by atoms with Crippen molar-refractivity contribution in [2.45, 2.75) is 44.2 Å². The Morgan fingerprint density at radius 3 is 2.35 bits per heavy atom. The van der Waals surface area contributed by atoms with Crippen molar-refractivity contribution in [2.24, 2.45) is 0 Å². The predicted octanol–water partition coefficient (Wildman–Crippen LogP) is 3.10. The first kappa shape index (κ1) is 18.6. The van der Waals surface area contributed by atoms with Gasteiger partial charge in [-0.15, -0.1) is 0 Å². The second kappa shape index (κ2) is 7.60. The van der Waals surface area contributed by atoms with Gasteiger partial charge >= 0.3 is 0 Å². The van der Waals surface area contributed by atoms with Crippen LogP contribution in [0.4, 0.5) is 0 Å². The molecule has 0 spiro atoms. The fourth-order valence-electron chi connectivity index (χ4n) is 2.77. The van der Waals surface area contributed by atoms with Gasteiger partial charge in [-0.3, -0.25) is 4.79 Å². The van der Waals surface area contributed by atoms with Gasteiger partial charge in [-0.05, 0) is 62.1 Å². The van der Waals surface area contributed by atoms with Crippen LogP contribution < -0.4 is 4.72 Å². The summed E-state index contributed by atoms with van der Waals surface area (Å²) in [6.45, 7) is 5.08. The number of sulfonamides is 1. The number of rotatable bonds is 7. The number of benzene rings is 2. The molecule has 26 heavy (non-hydrogen) atoms. The molecule has 0 unspecified atom stereocenters. The maximum Gasteiger partial charge on any atom is 0.254 e. The Morgan fingerprint density at radius 1 is 1.12 bits per heavy atom. The van der Waals surface area contributed by atoms with Gasteiger partial charge in [0.15, 0.2) is 0 Å². The molecule has 1 aliphatic rings. The minimum Gasteiger partial charge on any atom is -0.335 e. The molecule has 3 rings (SSSR count). The van der Waals surface area contributed by atoms with Gasteiger partial charge < -0.3 is 4.90 Å². The summed E-state index contributed by atoms with van der Waals surface area (Å²) in [7, 11) is -3.49. The van der Waals surface area contributed by atoms with Crippen molar-refractivity contribution in [3.05, 3.63) is 65.2 Å². The summed E-state index contributed by atoms with van der Waals surface area (Å²) < 4.78 is 27.1. The Labute approximate surface area is 155 Å². The summed E-state index contributed by atoms with van der Waals surface area (Å²) in [5.74, 6) is -0.102. The minimum atomic E-state index is -3.49. The van der Waals surface area contributed by atoms with Gasteiger partial charge in [0.25, 0.3) is 5.91 Å². The number of aryl methyl sites for hydroxylation is 1. The lowest BCUT2D eigenvalue weighted by Crippen LogP contribution is -2.30. The van der Waals surface area contributed by atoms with E-state index in [9.17, 15) is 13.2 Å². The second-order valence-corrected chi connectivity index (χ2v) is 8.38. The van der Waals surface area contributed by atoms with E-state index in [4.69, 9.17) is 0 Å². The number of hydrogen-bond acceptors (Lipinski definition) is 3. The maximum atomic E-state index is 12.8. The molecule has 138 valence electrons. The van der Waals surface area contributed by atoms with Gasteiger partial charge in [-0.1, -0.05) is 24.3 Å². The number of nitrogens with one attached hydrogen (secondary N) is 1. The molecule has 0 heterocycles. The smallest absolute Gasteiger partial charge is 0.254 e. The third-order valence-electron chi connectivity index (χ3n) is 4.60. The van der Waals surface area contributed by atoms with E-state index in [1.807, 2.05) is 38.1 Å². The van der Waals surface area contributed by atoms with E-state index < -0.39 is 10.0 Å². The van der Waals surface area contributed by atoms with Crippen LogP contribution in [0.1, 0.15) is 41.3 Å². The highest BCUT2D eigenvalue weighted by atomic mass is 32.2. The molecule has 2 aromatic rings. The van der Waals surface area contributed by atoms with Crippen molar-refractivity contribution in [1.82, 2.24) is 9.62 Å². The number of amides is 1. The average Bonchev–Trinajstić information content (AvgIpc) is 3.44. The first-order valence-corrected chi connectivity index (χ1v) is 10.3. The molecule has 0 radical (unpaired) electrons. The highest BCUT2D eigenvalue weighted by Gasteiger charge is 2.28. The molecule has 2 aromatic carbocycles. The highest BCUT2D eigenvalue weighted by Crippen LogP contribution is 2.22. The number of carbonyl (C=O) groups excluding carboxylic acids is 1. The van der Waals surface area contributed by atoms with Crippen molar-refractivity contribution in [2.75, 3.05) is 6.54 Å². The van der Waals surface area contributed by atoms with Gasteiger partial charge in [-0.25, -0.2) is 13.1 Å². The monoisotopic (exact) mass is 372 g/mol. The van der Waals surface area contributed by atoms with E-state index in [2.05, 4.69) is 4.72 Å². The van der Waals surface area contributed by atoms with E-state index in [0.717, 1.165) is 24.0 Å². The Hall–Kier alpha value is -2.18. The topological polar surface area (TPSA) is 66.5 Å². The summed E-state index contributed by atoms with van der Waals surface area (Å²) in [4.78, 5) is 14.8. The van der Waals surface area contributed by atoms with Crippen LogP contribution in [0.25, 0.3) is 0 Å². The Kier molecular flexibility index (Phi) is 5.44. The van der Waals surface area contributed by atoms with E-state index in [1.165, 1.54) is 12.1 Å². The van der Waals surface area contributed by atoms with Crippen LogP contribution in [0.5, 0.6) is 0 Å². The van der Waals surface area contributed by atoms with E-state index in [0.29, 0.717) is 18.7 Å². The fraction of sp³-hybridized carbons (Fsp3) is 0.350. The second-order valence-electron chi connectivity index (χ2n) is 6.67. The summed E-state index contributed by atoms with van der Waals surface area (Å²) in [5.41, 5.74) is 2.74. The van der Waals surface area contributed by atoms with Crippen LogP contribution in [0.15, 0.2) is 53.4 Å². The van der Waals surface area contributed by atoms with E-state index in [-0.39, 0.29) is 16.8 Å². The molecule has 0 bridgehead atoms. The molecule has 0 atom stereocenters. The standard InChI is InChI=1S/C20H24N2O3S/c1-3-22(14-17-7-5-4-6-15(17)2)20(23)16-8-12-19(13-9-16)26(24,25)21-18-10-11-18/h4-9,12-13,18,21H,3,10-11,14H2,1-2H3. The normalized spacial score (nSPS) is 14.2. The quantitative estimate of drug-likeness (QED) is 0.812. The first-order valence-electron chi connectivity index (χ1n) is 8.87. The molecule has 1 N–H and O–H groups in total. The third kappa shape index (κ3) is 4.31. The lowest BCUT2D eigenvalue weighted by Gasteiger charge is -2.22. The lowest BCUT2D eigenvalue weighted by molar-refractivity contribution is 0.0752. The van der Waals surface area contributed by atoms with Crippen molar-refractivity contribution in [1.29, 1.82) is 0 Å². The van der Waals surface area contributed by atoms with Crippen molar-refractivity contribution >= 4 is 15.9 Å². The molecule has 1 aliphatic carbocycles. The summed E-state index contributed by atoms with van der Waals surface area (Å²) in [6.07, 6.45) is 1.78. The zero-order chi connectivity index (χ0) is 18.7. The molecule has 0 aromatic heterocycles.